The van der Waals surface area contributed by atoms with Gasteiger partial charge in [-0.3, -0.25) is 9.59 Å². The van der Waals surface area contributed by atoms with Gasteiger partial charge >= 0.3 is 11.9 Å². The average Bonchev–Trinajstić information content (AvgIpc) is 3.28. The van der Waals surface area contributed by atoms with Crippen molar-refractivity contribution in [2.45, 2.75) is 25.9 Å². The predicted molar refractivity (Wildman–Crippen MR) is 231 cm³/mol. The van der Waals surface area contributed by atoms with Gasteiger partial charge in [0.2, 0.25) is 10.9 Å². The van der Waals surface area contributed by atoms with E-state index in [0.29, 0.717) is 74.8 Å². The molecule has 0 bridgehead atoms. The molecule has 4 aromatic heterocycles. The minimum Gasteiger partial charge on any atom is -0.487 e. The molecule has 2 N–H and O–H groups in total. The van der Waals surface area contributed by atoms with Gasteiger partial charge in [-0.25, -0.2) is 38.3 Å². The van der Waals surface area contributed by atoms with Crippen molar-refractivity contribution >= 4 is 69.2 Å². The molecule has 0 saturated carbocycles. The van der Waals surface area contributed by atoms with Gasteiger partial charge in [0.25, 0.3) is 0 Å². The molecule has 0 radical (unpaired) electrons. The molecule has 2 saturated heterocycles. The van der Waals surface area contributed by atoms with Gasteiger partial charge in [0.05, 0.1) is 33.9 Å². The average molecular weight is 887 g/mol. The number of aromatic carboxylic acids is 2. The van der Waals surface area contributed by atoms with Crippen LogP contribution < -0.4 is 39.9 Å². The number of halogens is 3. The van der Waals surface area contributed by atoms with Crippen molar-refractivity contribution < 1.29 is 38.1 Å². The van der Waals surface area contributed by atoms with Crippen molar-refractivity contribution in [1.29, 1.82) is 0 Å². The van der Waals surface area contributed by atoms with E-state index >= 15 is 8.78 Å². The monoisotopic (exact) mass is 886 g/mol. The smallest absolute Gasteiger partial charge is 0.341 e. The number of carbonyl (C=O) groups is 2. The van der Waals surface area contributed by atoms with Gasteiger partial charge in [0.15, 0.2) is 23.1 Å². The third-order valence-electron chi connectivity index (χ3n) is 11.7. The molecule has 4 aliphatic heterocycles. The Kier molecular flexibility index (Phi) is 11.5. The Hall–Kier alpha value is -7.09. The fourth-order valence-electron chi connectivity index (χ4n) is 8.58. The summed E-state index contributed by atoms with van der Waals surface area (Å²) in [6, 6.07) is 5.55. The summed E-state index contributed by atoms with van der Waals surface area (Å²) in [7, 11) is 0. The lowest BCUT2D eigenvalue weighted by Crippen LogP contribution is -2.47. The highest BCUT2D eigenvalue weighted by atomic mass is 35.5. The molecule has 2 aromatic carbocycles. The number of hydrogen-bond acceptors (Lipinski definition) is 14. The summed E-state index contributed by atoms with van der Waals surface area (Å²) in [5, 5.41) is 18.8. The zero-order valence-corrected chi connectivity index (χ0v) is 34.8. The predicted octanol–water partition coefficient (Wildman–Crippen LogP) is 4.24. The van der Waals surface area contributed by atoms with Gasteiger partial charge in [0, 0.05) is 77.1 Å². The van der Waals surface area contributed by atoms with Crippen LogP contribution in [0.2, 0.25) is 0 Å². The van der Waals surface area contributed by atoms with Crippen LogP contribution in [-0.2, 0) is 0 Å². The Balaban J connectivity index is 0.000000170. The van der Waals surface area contributed by atoms with Gasteiger partial charge in [-0.15, -0.1) is 12.4 Å². The van der Waals surface area contributed by atoms with E-state index in [1.165, 1.54) is 25.0 Å². The topological polar surface area (TPSA) is 202 Å². The molecule has 21 heteroatoms. The Labute approximate surface area is 363 Å². The van der Waals surface area contributed by atoms with Gasteiger partial charge in [-0.05, 0) is 38.1 Å². The van der Waals surface area contributed by atoms with Crippen molar-refractivity contribution in [3.8, 4) is 11.5 Å². The normalized spacial score (nSPS) is 17.9. The van der Waals surface area contributed by atoms with E-state index < -0.39 is 34.4 Å². The molecule has 10 rings (SSSR count). The number of carboxylic acids is 2. The highest BCUT2D eigenvalue weighted by molar-refractivity contribution is 5.98. The fraction of sp³-hybridized carbons (Fsp3) is 0.333. The first-order valence-electron chi connectivity index (χ1n) is 20.0. The largest absolute Gasteiger partial charge is 0.487 e. The lowest BCUT2D eigenvalue weighted by atomic mass is 10.1. The number of carboxylic acid groups (broad SMARTS) is 2. The molecule has 63 heavy (non-hydrogen) atoms. The number of hydrogen-bond donors (Lipinski definition) is 2. The van der Waals surface area contributed by atoms with Crippen LogP contribution in [0.5, 0.6) is 11.5 Å². The van der Waals surface area contributed by atoms with Gasteiger partial charge < -0.3 is 48.4 Å². The molecule has 8 heterocycles. The van der Waals surface area contributed by atoms with E-state index in [0.717, 1.165) is 23.8 Å². The van der Waals surface area contributed by atoms with E-state index in [2.05, 4.69) is 29.7 Å². The molecule has 2 atom stereocenters. The van der Waals surface area contributed by atoms with Crippen LogP contribution in [0.1, 0.15) is 46.6 Å². The van der Waals surface area contributed by atoms with Crippen molar-refractivity contribution in [3.63, 3.8) is 0 Å². The summed E-state index contributed by atoms with van der Waals surface area (Å²) in [6.07, 6.45) is 9.02. The summed E-state index contributed by atoms with van der Waals surface area (Å²) in [6.45, 7) is 8.91. The van der Waals surface area contributed by atoms with Crippen LogP contribution in [0.3, 0.4) is 0 Å². The van der Waals surface area contributed by atoms with E-state index in [1.54, 1.807) is 21.5 Å². The first kappa shape index (κ1) is 42.6. The maximum absolute atomic E-state index is 15.3. The first-order chi connectivity index (χ1) is 29.9. The summed E-state index contributed by atoms with van der Waals surface area (Å²) in [4.78, 5) is 72.9. The first-order valence-corrected chi connectivity index (χ1v) is 20.0. The second-order valence-corrected chi connectivity index (χ2v) is 15.4. The molecule has 0 spiro atoms. The quantitative estimate of drug-likeness (QED) is 0.240. The number of benzene rings is 2. The van der Waals surface area contributed by atoms with Gasteiger partial charge in [0.1, 0.15) is 60.0 Å². The summed E-state index contributed by atoms with van der Waals surface area (Å²) >= 11 is 0. The number of pyridine rings is 2. The van der Waals surface area contributed by atoms with Crippen molar-refractivity contribution in [2.24, 2.45) is 0 Å². The molecule has 0 amide bonds. The number of piperazine rings is 2. The highest BCUT2D eigenvalue weighted by Crippen LogP contribution is 2.44. The summed E-state index contributed by atoms with van der Waals surface area (Å²) in [5.41, 5.74) is -0.702. The van der Waals surface area contributed by atoms with Crippen LogP contribution in [0, 0.1) is 11.6 Å². The minimum atomic E-state index is -1.33. The molecule has 328 valence electrons. The fourth-order valence-corrected chi connectivity index (χ4v) is 8.58. The molecule has 4 aliphatic rings. The van der Waals surface area contributed by atoms with E-state index in [-0.39, 0.29) is 71.1 Å². The Morgan fingerprint density at radius 1 is 0.635 bits per heavy atom. The zero-order valence-electron chi connectivity index (χ0n) is 34.0. The molecule has 0 unspecified atom stereocenters. The van der Waals surface area contributed by atoms with Crippen molar-refractivity contribution in [1.82, 2.24) is 29.1 Å². The van der Waals surface area contributed by atoms with Crippen LogP contribution in [-0.4, -0.2) is 117 Å². The Morgan fingerprint density at radius 3 is 1.33 bits per heavy atom. The molecular formula is C42H41ClF2N10O8. The third-order valence-corrected chi connectivity index (χ3v) is 11.7. The SMILES string of the molecule is C[C@H]1COc2c(N3CCN(c4ccncn4)CC3)c(F)cc3c(=O)c(C(=O)O)cn1c23.C[C@H]1COc2c(N3CCN(c4ccncn4)CC3)c(F)cc3c(=O)c(C(=O)O)cn1c23.Cl. The van der Waals surface area contributed by atoms with E-state index in [9.17, 15) is 29.4 Å². The Morgan fingerprint density at radius 2 is 1.00 bits per heavy atom. The molecule has 0 aliphatic carbocycles. The zero-order chi connectivity index (χ0) is 43.4. The number of nitrogens with zero attached hydrogens (tertiary/aromatic N) is 10. The van der Waals surface area contributed by atoms with Crippen LogP contribution in [0.4, 0.5) is 31.8 Å². The molecular weight excluding hydrogens is 846 g/mol. The van der Waals surface area contributed by atoms with Crippen LogP contribution >= 0.6 is 12.4 Å². The highest BCUT2D eigenvalue weighted by Gasteiger charge is 2.33. The number of rotatable bonds is 6. The molecule has 6 aromatic rings. The second-order valence-electron chi connectivity index (χ2n) is 15.4. The standard InChI is InChI=1S/2C21H20FN5O4.ClH/c2*1-12-10-31-20-17-13(19(28)14(21(29)30)9-27(12)17)8-15(22)18(20)26-6-4-25(5-7-26)16-2-3-23-11-24-16;/h2*2-3,8-9,11-12H,4-7,10H2,1H3,(H,29,30);1H/t2*12-;/m00./s1. The lowest BCUT2D eigenvalue weighted by molar-refractivity contribution is 0.0683. The number of ether oxygens (including phenoxy) is 2. The second kappa shape index (κ2) is 17.0. The van der Waals surface area contributed by atoms with Gasteiger partial charge in [-0.1, -0.05) is 0 Å². The molecule has 2 fully saturated rings. The summed E-state index contributed by atoms with van der Waals surface area (Å²) < 4.78 is 45.8. The third kappa shape index (κ3) is 7.53. The minimum absolute atomic E-state index is 0. The van der Waals surface area contributed by atoms with Crippen molar-refractivity contribution in [3.05, 3.63) is 105 Å². The number of aromatic nitrogens is 6. The maximum atomic E-state index is 15.3. The van der Waals surface area contributed by atoms with Crippen LogP contribution in [0.15, 0.2) is 71.3 Å². The van der Waals surface area contributed by atoms with Crippen LogP contribution in [0.25, 0.3) is 21.8 Å². The molecule has 18 nitrogen and oxygen atoms in total. The lowest BCUT2D eigenvalue weighted by Gasteiger charge is -2.38. The van der Waals surface area contributed by atoms with E-state index in [4.69, 9.17) is 9.47 Å². The number of anilines is 4. The van der Waals surface area contributed by atoms with Gasteiger partial charge in [-0.2, -0.15) is 0 Å². The Bertz CT molecular complexity index is 2680. The van der Waals surface area contributed by atoms with Crippen molar-refractivity contribution in [2.75, 3.05) is 85.2 Å². The van der Waals surface area contributed by atoms with E-state index in [1.807, 2.05) is 35.8 Å². The maximum Gasteiger partial charge on any atom is 0.341 e. The summed E-state index contributed by atoms with van der Waals surface area (Å²) in [5.74, 6) is -1.65.